The molecule has 0 spiro atoms. The number of ether oxygens (including phenoxy) is 2. The summed E-state index contributed by atoms with van der Waals surface area (Å²) < 4.78 is 23.4. The number of nitrogens with zero attached hydrogens (tertiary/aromatic N) is 2. The van der Waals surface area contributed by atoms with E-state index in [0.717, 1.165) is 91.0 Å². The second kappa shape index (κ2) is 12.4. The summed E-state index contributed by atoms with van der Waals surface area (Å²) in [5.41, 5.74) is 0. The van der Waals surface area contributed by atoms with Gasteiger partial charge < -0.3 is 18.3 Å². The molecule has 2 saturated heterocycles. The van der Waals surface area contributed by atoms with Gasteiger partial charge in [-0.3, -0.25) is 9.80 Å². The van der Waals surface area contributed by atoms with Crippen LogP contribution in [0.15, 0.2) is 0 Å². The van der Waals surface area contributed by atoms with Crippen molar-refractivity contribution in [3.8, 4) is 0 Å². The molecule has 0 aromatic carbocycles. The van der Waals surface area contributed by atoms with Crippen LogP contribution in [0.2, 0.25) is 12.1 Å². The minimum Gasteiger partial charge on any atom is -0.394 e. The number of hydrogen-bond donors (Lipinski definition) is 0. The van der Waals surface area contributed by atoms with Crippen molar-refractivity contribution in [3.63, 3.8) is 0 Å². The zero-order valence-corrected chi connectivity index (χ0v) is 17.3. The monoisotopic (exact) mass is 374 g/mol. The Morgan fingerprint density at radius 2 is 1.12 bits per heavy atom. The molecular weight excluding hydrogens is 336 g/mol. The lowest BCUT2D eigenvalue weighted by Gasteiger charge is -2.33. The van der Waals surface area contributed by atoms with Gasteiger partial charge in [0.05, 0.1) is 26.4 Å². The average Bonchev–Trinajstić information content (AvgIpc) is 2.64. The van der Waals surface area contributed by atoms with Gasteiger partial charge in [0.15, 0.2) is 0 Å². The molecule has 25 heavy (non-hydrogen) atoms. The van der Waals surface area contributed by atoms with E-state index in [1.54, 1.807) is 0 Å². The lowest BCUT2D eigenvalue weighted by Crippen LogP contribution is -2.45. The summed E-state index contributed by atoms with van der Waals surface area (Å²) in [6.45, 7) is 15.8. The molecular formula is C18H38N2O4Si. The van der Waals surface area contributed by atoms with E-state index in [9.17, 15) is 0 Å². The molecule has 2 fully saturated rings. The topological polar surface area (TPSA) is 43.4 Å². The van der Waals surface area contributed by atoms with E-state index >= 15 is 0 Å². The van der Waals surface area contributed by atoms with Gasteiger partial charge in [0.2, 0.25) is 0 Å². The smallest absolute Gasteiger partial charge is 0.338 e. The van der Waals surface area contributed by atoms with Crippen molar-refractivity contribution in [1.29, 1.82) is 0 Å². The highest BCUT2D eigenvalue weighted by Gasteiger charge is 2.36. The molecule has 0 saturated carbocycles. The molecule has 148 valence electrons. The Morgan fingerprint density at radius 3 is 1.48 bits per heavy atom. The van der Waals surface area contributed by atoms with Crippen LogP contribution in [-0.2, 0) is 18.3 Å². The largest absolute Gasteiger partial charge is 0.394 e. The van der Waals surface area contributed by atoms with Gasteiger partial charge in [-0.25, -0.2) is 0 Å². The van der Waals surface area contributed by atoms with Crippen molar-refractivity contribution in [2.24, 2.45) is 0 Å². The normalized spacial score (nSPS) is 20.9. The Labute approximate surface area is 155 Å². The first-order valence-corrected chi connectivity index (χ1v) is 12.4. The molecule has 2 aliphatic rings. The summed E-state index contributed by atoms with van der Waals surface area (Å²) in [5, 5.41) is 0. The van der Waals surface area contributed by atoms with Gasteiger partial charge >= 0.3 is 8.56 Å². The summed E-state index contributed by atoms with van der Waals surface area (Å²) in [7, 11) is -2.08. The van der Waals surface area contributed by atoms with Crippen LogP contribution in [0.5, 0.6) is 0 Å². The summed E-state index contributed by atoms with van der Waals surface area (Å²) >= 11 is 0. The fourth-order valence-electron chi connectivity index (χ4n) is 3.77. The van der Waals surface area contributed by atoms with Crippen molar-refractivity contribution < 1.29 is 18.3 Å². The van der Waals surface area contributed by atoms with Crippen LogP contribution in [0.3, 0.4) is 0 Å². The summed E-state index contributed by atoms with van der Waals surface area (Å²) in [6, 6.07) is 2.21. The summed E-state index contributed by atoms with van der Waals surface area (Å²) in [5.74, 6) is 0. The second-order valence-electron chi connectivity index (χ2n) is 6.89. The summed E-state index contributed by atoms with van der Waals surface area (Å²) in [6.07, 6.45) is 2.34. The molecule has 0 unspecified atom stereocenters. The summed E-state index contributed by atoms with van der Waals surface area (Å²) in [4.78, 5) is 5.02. The molecule has 7 heteroatoms. The molecule has 0 aliphatic carbocycles. The zero-order chi connectivity index (χ0) is 17.8. The number of rotatable bonds is 12. The molecule has 2 rings (SSSR count). The van der Waals surface area contributed by atoms with Gasteiger partial charge in [-0.1, -0.05) is 0 Å². The SMILES string of the molecule is CCO[Si](CCCN1CCOCC1)(CCCN1CCOCC1)OCC. The Kier molecular flexibility index (Phi) is 10.5. The fourth-order valence-corrected chi connectivity index (χ4v) is 7.13. The van der Waals surface area contributed by atoms with E-state index in [1.807, 2.05) is 0 Å². The highest BCUT2D eigenvalue weighted by molar-refractivity contribution is 6.67. The molecule has 0 N–H and O–H groups in total. The molecule has 2 heterocycles. The van der Waals surface area contributed by atoms with Crippen molar-refractivity contribution in [3.05, 3.63) is 0 Å². The predicted octanol–water partition coefficient (Wildman–Crippen LogP) is 1.95. The van der Waals surface area contributed by atoms with E-state index in [4.69, 9.17) is 18.3 Å². The maximum absolute atomic E-state index is 6.28. The molecule has 6 nitrogen and oxygen atoms in total. The second-order valence-corrected chi connectivity index (χ2v) is 10.3. The zero-order valence-electron chi connectivity index (χ0n) is 16.3. The van der Waals surface area contributed by atoms with Crippen LogP contribution in [0.1, 0.15) is 26.7 Å². The standard InChI is InChI=1S/C18H38N2O4Si/c1-3-23-25(24-4-2,17-5-7-19-9-13-21-14-10-19)18-6-8-20-11-15-22-16-12-20/h3-18H2,1-2H3. The first kappa shape index (κ1) is 21.3. The van der Waals surface area contributed by atoms with Crippen molar-refractivity contribution in [2.75, 3.05) is 78.9 Å². The van der Waals surface area contributed by atoms with Crippen LogP contribution in [0.4, 0.5) is 0 Å². The molecule has 0 radical (unpaired) electrons. The molecule has 0 atom stereocenters. The first-order chi connectivity index (χ1) is 12.3. The van der Waals surface area contributed by atoms with Gasteiger partial charge in [-0.2, -0.15) is 0 Å². The lowest BCUT2D eigenvalue weighted by atomic mass is 10.3. The van der Waals surface area contributed by atoms with Crippen molar-refractivity contribution in [1.82, 2.24) is 9.80 Å². The van der Waals surface area contributed by atoms with Crippen LogP contribution in [-0.4, -0.2) is 97.3 Å². The van der Waals surface area contributed by atoms with E-state index in [-0.39, 0.29) is 0 Å². The van der Waals surface area contributed by atoms with Gasteiger partial charge in [0.1, 0.15) is 0 Å². The van der Waals surface area contributed by atoms with Gasteiger partial charge in [0.25, 0.3) is 0 Å². The average molecular weight is 375 g/mol. The minimum absolute atomic E-state index is 0.765. The van der Waals surface area contributed by atoms with Crippen LogP contribution < -0.4 is 0 Å². The van der Waals surface area contributed by atoms with E-state index < -0.39 is 8.56 Å². The number of hydrogen-bond acceptors (Lipinski definition) is 6. The third-order valence-electron chi connectivity index (χ3n) is 5.09. The Hall–Kier alpha value is -0.0231. The van der Waals surface area contributed by atoms with Crippen LogP contribution in [0, 0.1) is 0 Å². The quantitative estimate of drug-likeness (QED) is 0.487. The number of morpholine rings is 2. The van der Waals surface area contributed by atoms with Crippen LogP contribution in [0.25, 0.3) is 0 Å². The first-order valence-electron chi connectivity index (χ1n) is 10.2. The highest BCUT2D eigenvalue weighted by atomic mass is 28.4. The Balaban J connectivity index is 1.76. The molecule has 0 amide bonds. The third-order valence-corrected chi connectivity index (χ3v) is 8.95. The molecule has 0 aromatic rings. The molecule has 0 aromatic heterocycles. The van der Waals surface area contributed by atoms with E-state index in [0.29, 0.717) is 0 Å². The minimum atomic E-state index is -2.08. The lowest BCUT2D eigenvalue weighted by molar-refractivity contribution is 0.0369. The van der Waals surface area contributed by atoms with Crippen LogP contribution >= 0.6 is 0 Å². The van der Waals surface area contributed by atoms with Gasteiger partial charge in [0, 0.05) is 39.4 Å². The highest BCUT2D eigenvalue weighted by Crippen LogP contribution is 2.24. The van der Waals surface area contributed by atoms with E-state index in [2.05, 4.69) is 23.6 Å². The Bertz CT molecular complexity index is 305. The van der Waals surface area contributed by atoms with Crippen molar-refractivity contribution >= 4 is 8.56 Å². The van der Waals surface area contributed by atoms with Gasteiger partial charge in [-0.15, -0.1) is 0 Å². The third kappa shape index (κ3) is 8.03. The maximum atomic E-state index is 6.28. The van der Waals surface area contributed by atoms with E-state index in [1.165, 1.54) is 12.8 Å². The molecule has 0 bridgehead atoms. The van der Waals surface area contributed by atoms with Gasteiger partial charge in [-0.05, 0) is 51.9 Å². The Morgan fingerprint density at radius 1 is 0.720 bits per heavy atom. The maximum Gasteiger partial charge on any atom is 0.338 e. The molecule has 2 aliphatic heterocycles. The van der Waals surface area contributed by atoms with Crippen molar-refractivity contribution in [2.45, 2.75) is 38.8 Å². The fraction of sp³-hybridized carbons (Fsp3) is 1.00. The predicted molar refractivity (Wildman–Crippen MR) is 102 cm³/mol.